The first-order chi connectivity index (χ1) is 4.21. The molecule has 52 valence electrons. The molecule has 1 saturated carbocycles. The smallest absolute Gasteiger partial charge is 0.0863 e. The first kappa shape index (κ1) is 5.72. The number of ether oxygens (including phenoxy) is 1. The van der Waals surface area contributed by atoms with Gasteiger partial charge < -0.3 is 4.74 Å². The number of hydrogen-bond acceptors (Lipinski definition) is 1. The zero-order valence-electron chi connectivity index (χ0n) is 6.18. The molecule has 0 aromatic rings. The van der Waals surface area contributed by atoms with Gasteiger partial charge in [-0.25, -0.2) is 0 Å². The molecule has 1 aliphatic carbocycles. The van der Waals surface area contributed by atoms with E-state index in [0.29, 0.717) is 11.5 Å². The van der Waals surface area contributed by atoms with Gasteiger partial charge in [0.05, 0.1) is 12.7 Å². The van der Waals surface area contributed by atoms with Gasteiger partial charge in [0, 0.05) is 0 Å². The van der Waals surface area contributed by atoms with Crippen molar-refractivity contribution in [3.05, 3.63) is 0 Å². The molecule has 1 nitrogen and oxygen atoms in total. The number of hydrogen-bond donors (Lipinski definition) is 0. The van der Waals surface area contributed by atoms with Crippen LogP contribution in [0.4, 0.5) is 0 Å². The molecule has 0 N–H and O–H groups in total. The van der Waals surface area contributed by atoms with Crippen molar-refractivity contribution in [1.82, 2.24) is 0 Å². The minimum Gasteiger partial charge on any atom is -0.373 e. The van der Waals surface area contributed by atoms with Crippen LogP contribution in [0.1, 0.15) is 26.7 Å². The SMILES string of the molecule is CC(C)(C1CC1)C1CO1. The number of rotatable bonds is 2. The molecule has 0 bridgehead atoms. The van der Waals surface area contributed by atoms with Gasteiger partial charge in [0.15, 0.2) is 0 Å². The topological polar surface area (TPSA) is 12.5 Å². The summed E-state index contributed by atoms with van der Waals surface area (Å²) < 4.78 is 5.27. The van der Waals surface area contributed by atoms with Gasteiger partial charge in [-0.3, -0.25) is 0 Å². The van der Waals surface area contributed by atoms with Crippen molar-refractivity contribution in [3.8, 4) is 0 Å². The molecule has 2 rings (SSSR count). The fraction of sp³-hybridized carbons (Fsp3) is 1.00. The Morgan fingerprint density at radius 2 is 1.89 bits per heavy atom. The molecule has 0 amide bonds. The molecular formula is C8H14O. The van der Waals surface area contributed by atoms with Gasteiger partial charge in [-0.2, -0.15) is 0 Å². The average Bonchev–Trinajstić information content (AvgIpc) is 2.62. The van der Waals surface area contributed by atoms with Crippen LogP contribution in [0.3, 0.4) is 0 Å². The van der Waals surface area contributed by atoms with Gasteiger partial charge in [-0.15, -0.1) is 0 Å². The van der Waals surface area contributed by atoms with E-state index in [1.807, 2.05) is 0 Å². The third-order valence-corrected chi connectivity index (χ3v) is 2.79. The van der Waals surface area contributed by atoms with Crippen LogP contribution in [0.25, 0.3) is 0 Å². The lowest BCUT2D eigenvalue weighted by Gasteiger charge is -2.20. The van der Waals surface area contributed by atoms with Crippen molar-refractivity contribution in [3.63, 3.8) is 0 Å². The molecule has 0 spiro atoms. The zero-order valence-corrected chi connectivity index (χ0v) is 6.18. The molecule has 1 aliphatic heterocycles. The fourth-order valence-electron chi connectivity index (χ4n) is 1.57. The first-order valence-corrected chi connectivity index (χ1v) is 3.83. The van der Waals surface area contributed by atoms with Crippen LogP contribution in [0.15, 0.2) is 0 Å². The highest BCUT2D eigenvalue weighted by atomic mass is 16.6. The van der Waals surface area contributed by atoms with E-state index in [-0.39, 0.29) is 0 Å². The highest BCUT2D eigenvalue weighted by Crippen LogP contribution is 2.50. The molecule has 1 unspecified atom stereocenters. The van der Waals surface area contributed by atoms with E-state index in [9.17, 15) is 0 Å². The second-order valence-corrected chi connectivity index (χ2v) is 3.92. The Bertz CT molecular complexity index is 107. The van der Waals surface area contributed by atoms with Gasteiger partial charge in [0.25, 0.3) is 0 Å². The lowest BCUT2D eigenvalue weighted by Crippen LogP contribution is -2.21. The van der Waals surface area contributed by atoms with Crippen molar-refractivity contribution in [2.45, 2.75) is 32.8 Å². The standard InChI is InChI=1S/C8H14O/c1-8(2,6-3-4-6)7-5-9-7/h6-7H,3-5H2,1-2H3. The Kier molecular flexibility index (Phi) is 0.963. The summed E-state index contributed by atoms with van der Waals surface area (Å²) in [6.07, 6.45) is 3.48. The van der Waals surface area contributed by atoms with E-state index in [1.165, 1.54) is 12.8 Å². The van der Waals surface area contributed by atoms with Crippen LogP contribution in [-0.2, 0) is 4.74 Å². The predicted octanol–water partition coefficient (Wildman–Crippen LogP) is 1.82. The minimum absolute atomic E-state index is 0.500. The predicted molar refractivity (Wildman–Crippen MR) is 36.2 cm³/mol. The third-order valence-electron chi connectivity index (χ3n) is 2.79. The second kappa shape index (κ2) is 1.51. The number of epoxide rings is 1. The zero-order chi connectivity index (χ0) is 6.48. The molecule has 2 aliphatic rings. The van der Waals surface area contributed by atoms with Gasteiger partial charge in [-0.1, -0.05) is 13.8 Å². The summed E-state index contributed by atoms with van der Waals surface area (Å²) >= 11 is 0. The van der Waals surface area contributed by atoms with Crippen LogP contribution >= 0.6 is 0 Å². The summed E-state index contributed by atoms with van der Waals surface area (Å²) in [5.41, 5.74) is 0.500. The molecule has 0 aromatic heterocycles. The highest BCUT2D eigenvalue weighted by Gasteiger charge is 2.48. The Morgan fingerprint density at radius 1 is 1.33 bits per heavy atom. The Labute approximate surface area is 56.4 Å². The van der Waals surface area contributed by atoms with Crippen molar-refractivity contribution >= 4 is 0 Å². The Balaban J connectivity index is 2.01. The maximum Gasteiger partial charge on any atom is 0.0863 e. The normalized spacial score (nSPS) is 34.7. The second-order valence-electron chi connectivity index (χ2n) is 3.92. The van der Waals surface area contributed by atoms with Crippen molar-refractivity contribution in [2.75, 3.05) is 6.61 Å². The van der Waals surface area contributed by atoms with E-state index >= 15 is 0 Å². The molecule has 0 aromatic carbocycles. The van der Waals surface area contributed by atoms with E-state index in [4.69, 9.17) is 4.74 Å². The Hall–Kier alpha value is -0.0400. The summed E-state index contributed by atoms with van der Waals surface area (Å²) in [6, 6.07) is 0. The van der Waals surface area contributed by atoms with E-state index in [0.717, 1.165) is 12.5 Å². The molecule has 1 heteroatoms. The molecule has 9 heavy (non-hydrogen) atoms. The molecule has 2 fully saturated rings. The quantitative estimate of drug-likeness (QED) is 0.514. The van der Waals surface area contributed by atoms with Crippen molar-refractivity contribution in [2.24, 2.45) is 11.3 Å². The fourth-order valence-corrected chi connectivity index (χ4v) is 1.57. The summed E-state index contributed by atoms with van der Waals surface area (Å²) in [6.45, 7) is 5.69. The Morgan fingerprint density at radius 3 is 2.22 bits per heavy atom. The summed E-state index contributed by atoms with van der Waals surface area (Å²) in [5.74, 6) is 0.977. The first-order valence-electron chi connectivity index (χ1n) is 3.83. The summed E-state index contributed by atoms with van der Waals surface area (Å²) in [4.78, 5) is 0. The summed E-state index contributed by atoms with van der Waals surface area (Å²) in [5, 5.41) is 0. The molecule has 1 saturated heterocycles. The molecular weight excluding hydrogens is 112 g/mol. The van der Waals surface area contributed by atoms with Crippen LogP contribution in [0.2, 0.25) is 0 Å². The van der Waals surface area contributed by atoms with E-state index in [2.05, 4.69) is 13.8 Å². The van der Waals surface area contributed by atoms with Crippen LogP contribution in [0, 0.1) is 11.3 Å². The van der Waals surface area contributed by atoms with Gasteiger partial charge in [0.2, 0.25) is 0 Å². The van der Waals surface area contributed by atoms with Crippen molar-refractivity contribution < 1.29 is 4.74 Å². The lowest BCUT2D eigenvalue weighted by molar-refractivity contribution is 0.210. The maximum atomic E-state index is 5.27. The molecule has 1 atom stereocenters. The highest BCUT2D eigenvalue weighted by molar-refractivity contribution is 4.97. The van der Waals surface area contributed by atoms with Crippen LogP contribution in [-0.4, -0.2) is 12.7 Å². The largest absolute Gasteiger partial charge is 0.373 e. The van der Waals surface area contributed by atoms with E-state index < -0.39 is 0 Å². The third kappa shape index (κ3) is 0.877. The van der Waals surface area contributed by atoms with Crippen molar-refractivity contribution in [1.29, 1.82) is 0 Å². The van der Waals surface area contributed by atoms with E-state index in [1.54, 1.807) is 0 Å². The van der Waals surface area contributed by atoms with Crippen LogP contribution < -0.4 is 0 Å². The molecule has 1 heterocycles. The summed E-state index contributed by atoms with van der Waals surface area (Å²) in [7, 11) is 0. The average molecular weight is 126 g/mol. The van der Waals surface area contributed by atoms with Gasteiger partial charge >= 0.3 is 0 Å². The monoisotopic (exact) mass is 126 g/mol. The lowest BCUT2D eigenvalue weighted by atomic mass is 9.84. The van der Waals surface area contributed by atoms with Gasteiger partial charge in [0.1, 0.15) is 0 Å². The minimum atomic E-state index is 0.500. The molecule has 0 radical (unpaired) electrons. The van der Waals surface area contributed by atoms with Gasteiger partial charge in [-0.05, 0) is 24.2 Å². The van der Waals surface area contributed by atoms with Crippen LogP contribution in [0.5, 0.6) is 0 Å². The maximum absolute atomic E-state index is 5.27.